The van der Waals surface area contributed by atoms with E-state index in [1.54, 1.807) is 13.0 Å². The molecule has 4 heteroatoms. The second kappa shape index (κ2) is 4.53. The summed E-state index contributed by atoms with van der Waals surface area (Å²) in [6.45, 7) is 7.31. The molecule has 0 radical (unpaired) electrons. The average Bonchev–Trinajstić information content (AvgIpc) is 2.27. The molecular formula is C13H16F3N. The SMILES string of the molecule is C=CC(C)C(C)(N)c1ccc(C(F)(F)F)cc1. The molecule has 1 aromatic carbocycles. The van der Waals surface area contributed by atoms with Crippen LogP contribution in [0.25, 0.3) is 0 Å². The first-order valence-electron chi connectivity index (χ1n) is 5.28. The monoisotopic (exact) mass is 243 g/mol. The van der Waals surface area contributed by atoms with E-state index in [0.717, 1.165) is 12.1 Å². The van der Waals surface area contributed by atoms with E-state index >= 15 is 0 Å². The molecule has 0 bridgehead atoms. The van der Waals surface area contributed by atoms with Crippen molar-refractivity contribution in [2.75, 3.05) is 0 Å². The molecule has 0 amide bonds. The van der Waals surface area contributed by atoms with E-state index < -0.39 is 17.3 Å². The fourth-order valence-electron chi connectivity index (χ4n) is 1.53. The van der Waals surface area contributed by atoms with Crippen molar-refractivity contribution in [2.45, 2.75) is 25.6 Å². The Morgan fingerprint density at radius 3 is 1.94 bits per heavy atom. The highest BCUT2D eigenvalue weighted by Gasteiger charge is 2.32. The third-order valence-corrected chi connectivity index (χ3v) is 3.13. The quantitative estimate of drug-likeness (QED) is 0.805. The van der Waals surface area contributed by atoms with Gasteiger partial charge in [0.25, 0.3) is 0 Å². The minimum atomic E-state index is -4.31. The van der Waals surface area contributed by atoms with E-state index in [0.29, 0.717) is 5.56 Å². The van der Waals surface area contributed by atoms with Gasteiger partial charge < -0.3 is 5.73 Å². The van der Waals surface area contributed by atoms with Gasteiger partial charge >= 0.3 is 6.18 Å². The summed E-state index contributed by atoms with van der Waals surface area (Å²) in [5.74, 6) is -0.0285. The molecule has 2 unspecified atom stereocenters. The molecule has 1 aromatic rings. The van der Waals surface area contributed by atoms with Crippen molar-refractivity contribution >= 4 is 0 Å². The van der Waals surface area contributed by atoms with Crippen LogP contribution in [0.4, 0.5) is 13.2 Å². The van der Waals surface area contributed by atoms with Gasteiger partial charge in [0.05, 0.1) is 5.56 Å². The molecular weight excluding hydrogens is 227 g/mol. The minimum absolute atomic E-state index is 0.0285. The Morgan fingerprint density at radius 1 is 1.18 bits per heavy atom. The molecule has 0 saturated carbocycles. The molecule has 0 aliphatic rings. The summed E-state index contributed by atoms with van der Waals surface area (Å²) >= 11 is 0. The molecule has 0 aromatic heterocycles. The highest BCUT2D eigenvalue weighted by molar-refractivity contribution is 5.30. The molecule has 0 saturated heterocycles. The maximum absolute atomic E-state index is 12.4. The lowest BCUT2D eigenvalue weighted by Gasteiger charge is -2.30. The Bertz CT molecular complexity index is 390. The molecule has 2 N–H and O–H groups in total. The highest BCUT2D eigenvalue weighted by Crippen LogP contribution is 2.32. The van der Waals surface area contributed by atoms with Gasteiger partial charge in [0, 0.05) is 5.54 Å². The molecule has 2 atom stereocenters. The molecule has 0 fully saturated rings. The predicted octanol–water partition coefficient (Wildman–Crippen LogP) is 3.70. The zero-order chi connectivity index (χ0) is 13.3. The van der Waals surface area contributed by atoms with Gasteiger partial charge in [-0.2, -0.15) is 13.2 Å². The molecule has 1 rings (SSSR count). The molecule has 0 heterocycles. The second-order valence-corrected chi connectivity index (χ2v) is 4.38. The number of benzene rings is 1. The van der Waals surface area contributed by atoms with Crippen LogP contribution in [0.1, 0.15) is 25.0 Å². The van der Waals surface area contributed by atoms with Gasteiger partial charge in [-0.1, -0.05) is 25.1 Å². The van der Waals surface area contributed by atoms with E-state index in [-0.39, 0.29) is 5.92 Å². The van der Waals surface area contributed by atoms with Crippen molar-refractivity contribution in [3.63, 3.8) is 0 Å². The summed E-state index contributed by atoms with van der Waals surface area (Å²) in [7, 11) is 0. The van der Waals surface area contributed by atoms with E-state index in [4.69, 9.17) is 5.73 Å². The zero-order valence-corrected chi connectivity index (χ0v) is 9.88. The van der Waals surface area contributed by atoms with Crippen LogP contribution >= 0.6 is 0 Å². The van der Waals surface area contributed by atoms with Crippen LogP contribution in [0.2, 0.25) is 0 Å². The van der Waals surface area contributed by atoms with Crippen molar-refractivity contribution in [3.05, 3.63) is 48.0 Å². The van der Waals surface area contributed by atoms with Gasteiger partial charge in [-0.15, -0.1) is 6.58 Å². The maximum atomic E-state index is 12.4. The number of hydrogen-bond acceptors (Lipinski definition) is 1. The molecule has 1 nitrogen and oxygen atoms in total. The lowest BCUT2D eigenvalue weighted by atomic mass is 9.81. The predicted molar refractivity (Wildman–Crippen MR) is 62.3 cm³/mol. The lowest BCUT2D eigenvalue weighted by molar-refractivity contribution is -0.137. The van der Waals surface area contributed by atoms with E-state index in [1.807, 2.05) is 6.92 Å². The normalized spacial score (nSPS) is 17.3. The van der Waals surface area contributed by atoms with Crippen molar-refractivity contribution in [3.8, 4) is 0 Å². The summed E-state index contributed by atoms with van der Waals surface area (Å²) in [6, 6.07) is 4.94. The molecule has 94 valence electrons. The number of halogens is 3. The van der Waals surface area contributed by atoms with Gasteiger partial charge in [-0.25, -0.2) is 0 Å². The Kier molecular flexibility index (Phi) is 3.67. The summed E-state index contributed by atoms with van der Waals surface area (Å²) in [5, 5.41) is 0. The average molecular weight is 243 g/mol. The topological polar surface area (TPSA) is 26.0 Å². The summed E-state index contributed by atoms with van der Waals surface area (Å²) in [4.78, 5) is 0. The minimum Gasteiger partial charge on any atom is -0.321 e. The molecule has 0 aliphatic carbocycles. The van der Waals surface area contributed by atoms with Crippen LogP contribution < -0.4 is 5.73 Å². The fraction of sp³-hybridized carbons (Fsp3) is 0.385. The molecule has 17 heavy (non-hydrogen) atoms. The number of alkyl halides is 3. The van der Waals surface area contributed by atoms with Gasteiger partial charge in [-0.05, 0) is 30.5 Å². The van der Waals surface area contributed by atoms with Gasteiger partial charge in [0.1, 0.15) is 0 Å². The fourth-order valence-corrected chi connectivity index (χ4v) is 1.53. The van der Waals surface area contributed by atoms with E-state index in [1.165, 1.54) is 12.1 Å². The van der Waals surface area contributed by atoms with Crippen LogP contribution in [0.5, 0.6) is 0 Å². The largest absolute Gasteiger partial charge is 0.416 e. The third kappa shape index (κ3) is 2.88. The summed E-state index contributed by atoms with van der Waals surface area (Å²) < 4.78 is 37.2. The van der Waals surface area contributed by atoms with Gasteiger partial charge in [0.15, 0.2) is 0 Å². The van der Waals surface area contributed by atoms with Crippen LogP contribution in [-0.2, 0) is 11.7 Å². The molecule has 0 aliphatic heterocycles. The van der Waals surface area contributed by atoms with Gasteiger partial charge in [-0.3, -0.25) is 0 Å². The van der Waals surface area contributed by atoms with E-state index in [9.17, 15) is 13.2 Å². The number of rotatable bonds is 3. The Balaban J connectivity index is 3.07. The van der Waals surface area contributed by atoms with Crippen molar-refractivity contribution < 1.29 is 13.2 Å². The van der Waals surface area contributed by atoms with Crippen molar-refractivity contribution in [1.29, 1.82) is 0 Å². The van der Waals surface area contributed by atoms with Crippen LogP contribution in [0.15, 0.2) is 36.9 Å². The van der Waals surface area contributed by atoms with Crippen LogP contribution in [0, 0.1) is 5.92 Å². The second-order valence-electron chi connectivity index (χ2n) is 4.38. The lowest BCUT2D eigenvalue weighted by Crippen LogP contribution is -2.39. The first-order valence-corrected chi connectivity index (χ1v) is 5.28. The third-order valence-electron chi connectivity index (χ3n) is 3.13. The molecule has 0 spiro atoms. The number of nitrogens with two attached hydrogens (primary N) is 1. The van der Waals surface area contributed by atoms with E-state index in [2.05, 4.69) is 6.58 Å². The van der Waals surface area contributed by atoms with Crippen LogP contribution in [-0.4, -0.2) is 0 Å². The highest BCUT2D eigenvalue weighted by atomic mass is 19.4. The zero-order valence-electron chi connectivity index (χ0n) is 9.88. The standard InChI is InChI=1S/C13H16F3N/c1-4-9(2)12(3,17)10-5-7-11(8-6-10)13(14,15)16/h4-9H,1,17H2,2-3H3. The summed E-state index contributed by atoms with van der Waals surface area (Å²) in [5.41, 5.74) is 5.38. The first kappa shape index (κ1) is 13.8. The van der Waals surface area contributed by atoms with Crippen molar-refractivity contribution in [2.24, 2.45) is 11.7 Å². The van der Waals surface area contributed by atoms with Crippen molar-refractivity contribution in [1.82, 2.24) is 0 Å². The Hall–Kier alpha value is -1.29. The van der Waals surface area contributed by atoms with Crippen LogP contribution in [0.3, 0.4) is 0 Å². The van der Waals surface area contributed by atoms with Gasteiger partial charge in [0.2, 0.25) is 0 Å². The Morgan fingerprint density at radius 2 is 1.59 bits per heavy atom. The number of hydrogen-bond donors (Lipinski definition) is 1. The maximum Gasteiger partial charge on any atom is 0.416 e. The smallest absolute Gasteiger partial charge is 0.321 e. The summed E-state index contributed by atoms with van der Waals surface area (Å²) in [6.07, 6.45) is -2.62. The first-order chi connectivity index (χ1) is 7.69. The Labute approximate surface area is 99.1 Å².